The molecule has 28 heavy (non-hydrogen) atoms. The zero-order chi connectivity index (χ0) is 19.3. The summed E-state index contributed by atoms with van der Waals surface area (Å²) in [6.07, 6.45) is 3.84. The van der Waals surface area contributed by atoms with Gasteiger partial charge in [0.1, 0.15) is 24.5 Å². The molecule has 2 heterocycles. The third kappa shape index (κ3) is 3.91. The first-order chi connectivity index (χ1) is 13.7. The van der Waals surface area contributed by atoms with Gasteiger partial charge in [0.25, 0.3) is 5.95 Å². The number of nitrogen functional groups attached to an aromatic ring is 1. The molecule has 0 saturated heterocycles. The Kier molecular flexibility index (Phi) is 5.11. The number of fused-ring (bicyclic) bond motifs is 1. The van der Waals surface area contributed by atoms with Crippen LogP contribution < -0.4 is 10.5 Å². The molecule has 0 fully saturated rings. The van der Waals surface area contributed by atoms with Gasteiger partial charge < -0.3 is 15.2 Å². The summed E-state index contributed by atoms with van der Waals surface area (Å²) < 4.78 is 12.2. The molecule has 4 aromatic rings. The number of anilines is 1. The van der Waals surface area contributed by atoms with E-state index in [1.54, 1.807) is 18.0 Å². The average Bonchev–Trinajstić information content (AvgIpc) is 3.13. The molecule has 0 amide bonds. The molecule has 0 aliphatic heterocycles. The topological polar surface area (TPSA) is 101 Å². The number of nitrogens with two attached hydrogens (primary N) is 1. The van der Waals surface area contributed by atoms with Gasteiger partial charge in [0.05, 0.1) is 18.3 Å². The number of methoxy groups -OCH3 is 1. The van der Waals surface area contributed by atoms with Crippen molar-refractivity contribution in [2.45, 2.75) is 6.42 Å². The maximum atomic E-state index is 5.90. The lowest BCUT2D eigenvalue weighted by atomic mass is 10.1. The number of hydrogen-bond acceptors (Lipinski definition) is 7. The van der Waals surface area contributed by atoms with E-state index in [0.717, 1.165) is 22.2 Å². The molecule has 0 bridgehead atoms. The van der Waals surface area contributed by atoms with E-state index in [2.05, 4.69) is 20.1 Å². The highest BCUT2D eigenvalue weighted by molar-refractivity contribution is 5.82. The first-order valence-electron chi connectivity index (χ1n) is 8.85. The molecular formula is C20H20N6O2. The van der Waals surface area contributed by atoms with Gasteiger partial charge >= 0.3 is 0 Å². The van der Waals surface area contributed by atoms with Crippen molar-refractivity contribution in [3.05, 3.63) is 66.4 Å². The summed E-state index contributed by atoms with van der Waals surface area (Å²) in [5.74, 6) is 1.92. The minimum atomic E-state index is 0.463. The van der Waals surface area contributed by atoms with Crippen LogP contribution in [0.1, 0.15) is 11.4 Å². The SMILES string of the molecule is COCCOc1ccc(Cc2ncnc(-n3ncc4ccc(N)cc43)n2)cc1. The van der Waals surface area contributed by atoms with E-state index in [0.29, 0.717) is 37.1 Å². The lowest BCUT2D eigenvalue weighted by Crippen LogP contribution is -2.07. The van der Waals surface area contributed by atoms with Gasteiger partial charge in [0, 0.05) is 24.6 Å². The zero-order valence-electron chi connectivity index (χ0n) is 15.4. The molecule has 0 saturated carbocycles. The first-order valence-corrected chi connectivity index (χ1v) is 8.85. The Hall–Kier alpha value is -3.52. The highest BCUT2D eigenvalue weighted by atomic mass is 16.5. The largest absolute Gasteiger partial charge is 0.491 e. The molecule has 2 aromatic heterocycles. The van der Waals surface area contributed by atoms with Crippen molar-refractivity contribution in [3.8, 4) is 11.7 Å². The molecule has 0 aliphatic rings. The summed E-state index contributed by atoms with van der Waals surface area (Å²) in [4.78, 5) is 13.1. The average molecular weight is 376 g/mol. The predicted octanol–water partition coefficient (Wildman–Crippen LogP) is 2.41. The molecule has 0 radical (unpaired) electrons. The molecule has 8 heteroatoms. The Morgan fingerprint density at radius 3 is 2.71 bits per heavy atom. The van der Waals surface area contributed by atoms with Gasteiger partial charge in [-0.05, 0) is 35.9 Å². The molecule has 142 valence electrons. The molecule has 8 nitrogen and oxygen atoms in total. The summed E-state index contributed by atoms with van der Waals surface area (Å²) in [6, 6.07) is 13.5. The Balaban J connectivity index is 1.53. The summed E-state index contributed by atoms with van der Waals surface area (Å²) in [6.45, 7) is 1.08. The third-order valence-corrected chi connectivity index (χ3v) is 4.24. The third-order valence-electron chi connectivity index (χ3n) is 4.24. The van der Waals surface area contributed by atoms with Gasteiger partial charge in [0.15, 0.2) is 0 Å². The first kappa shape index (κ1) is 17.9. The quantitative estimate of drug-likeness (QED) is 0.390. The van der Waals surface area contributed by atoms with Crippen LogP contribution in [0.5, 0.6) is 5.75 Å². The molecule has 2 N–H and O–H groups in total. The lowest BCUT2D eigenvalue weighted by Gasteiger charge is -2.07. The Morgan fingerprint density at radius 1 is 1.04 bits per heavy atom. The number of benzene rings is 2. The van der Waals surface area contributed by atoms with Crippen LogP contribution in [0.15, 0.2) is 55.0 Å². The van der Waals surface area contributed by atoms with E-state index in [-0.39, 0.29) is 0 Å². The summed E-state index contributed by atoms with van der Waals surface area (Å²) in [5.41, 5.74) is 8.50. The fourth-order valence-electron chi connectivity index (χ4n) is 2.83. The van der Waals surface area contributed by atoms with Gasteiger partial charge in [-0.25, -0.2) is 4.98 Å². The second-order valence-corrected chi connectivity index (χ2v) is 6.24. The van der Waals surface area contributed by atoms with E-state index < -0.39 is 0 Å². The molecule has 0 atom stereocenters. The van der Waals surface area contributed by atoms with Crippen LogP contribution in [-0.4, -0.2) is 45.1 Å². The van der Waals surface area contributed by atoms with Crippen LogP contribution in [0.3, 0.4) is 0 Å². The number of rotatable bonds is 7. The number of hydrogen-bond donors (Lipinski definition) is 1. The van der Waals surface area contributed by atoms with E-state index in [1.165, 1.54) is 6.33 Å². The van der Waals surface area contributed by atoms with E-state index in [1.807, 2.05) is 42.5 Å². The molecule has 4 rings (SSSR count). The molecule has 2 aromatic carbocycles. The maximum absolute atomic E-state index is 5.90. The van der Waals surface area contributed by atoms with Crippen molar-refractivity contribution in [3.63, 3.8) is 0 Å². The number of ether oxygens (including phenoxy) is 2. The van der Waals surface area contributed by atoms with Gasteiger partial charge in [-0.1, -0.05) is 12.1 Å². The summed E-state index contributed by atoms with van der Waals surface area (Å²) in [7, 11) is 1.65. The van der Waals surface area contributed by atoms with Crippen molar-refractivity contribution in [2.75, 3.05) is 26.1 Å². The highest BCUT2D eigenvalue weighted by Gasteiger charge is 2.10. The molecule has 0 aliphatic carbocycles. The Morgan fingerprint density at radius 2 is 1.89 bits per heavy atom. The zero-order valence-corrected chi connectivity index (χ0v) is 15.4. The van der Waals surface area contributed by atoms with Crippen LogP contribution in [-0.2, 0) is 11.2 Å². The summed E-state index contributed by atoms with van der Waals surface area (Å²) in [5, 5.41) is 5.36. The second kappa shape index (κ2) is 8.01. The van der Waals surface area contributed by atoms with Crippen molar-refractivity contribution in [1.82, 2.24) is 24.7 Å². The fraction of sp³-hybridized carbons (Fsp3) is 0.200. The fourth-order valence-corrected chi connectivity index (χ4v) is 2.83. The normalized spacial score (nSPS) is 11.0. The monoisotopic (exact) mass is 376 g/mol. The van der Waals surface area contributed by atoms with Crippen molar-refractivity contribution in [2.24, 2.45) is 0 Å². The van der Waals surface area contributed by atoms with Gasteiger partial charge in [-0.15, -0.1) is 0 Å². The van der Waals surface area contributed by atoms with Gasteiger partial charge in [0.2, 0.25) is 0 Å². The van der Waals surface area contributed by atoms with E-state index >= 15 is 0 Å². The standard InChI is InChI=1S/C20H20N6O2/c1-27-8-9-28-17-6-2-14(3-7-17)10-19-22-13-23-20(25-19)26-18-11-16(21)5-4-15(18)12-24-26/h2-7,11-13H,8-10,21H2,1H3. The smallest absolute Gasteiger partial charge is 0.254 e. The number of aromatic nitrogens is 5. The lowest BCUT2D eigenvalue weighted by molar-refractivity contribution is 0.146. The molecule has 0 unspecified atom stereocenters. The van der Waals surface area contributed by atoms with Gasteiger partial charge in [-0.2, -0.15) is 19.7 Å². The highest BCUT2D eigenvalue weighted by Crippen LogP contribution is 2.19. The summed E-state index contributed by atoms with van der Waals surface area (Å²) >= 11 is 0. The van der Waals surface area contributed by atoms with Crippen molar-refractivity contribution < 1.29 is 9.47 Å². The van der Waals surface area contributed by atoms with E-state index in [4.69, 9.17) is 15.2 Å². The maximum Gasteiger partial charge on any atom is 0.254 e. The molecule has 0 spiro atoms. The van der Waals surface area contributed by atoms with Crippen LogP contribution in [0.2, 0.25) is 0 Å². The second-order valence-electron chi connectivity index (χ2n) is 6.24. The number of nitrogens with zero attached hydrogens (tertiary/aromatic N) is 5. The van der Waals surface area contributed by atoms with Crippen LogP contribution >= 0.6 is 0 Å². The minimum absolute atomic E-state index is 0.463. The predicted molar refractivity (Wildman–Crippen MR) is 105 cm³/mol. The molecular weight excluding hydrogens is 356 g/mol. The van der Waals surface area contributed by atoms with Gasteiger partial charge in [-0.3, -0.25) is 0 Å². The van der Waals surface area contributed by atoms with Crippen LogP contribution in [0.25, 0.3) is 16.9 Å². The van der Waals surface area contributed by atoms with Crippen molar-refractivity contribution in [1.29, 1.82) is 0 Å². The van der Waals surface area contributed by atoms with Crippen LogP contribution in [0.4, 0.5) is 5.69 Å². The Labute approximate surface area is 162 Å². The minimum Gasteiger partial charge on any atom is -0.491 e. The van der Waals surface area contributed by atoms with Crippen molar-refractivity contribution >= 4 is 16.6 Å². The van der Waals surface area contributed by atoms with E-state index in [9.17, 15) is 0 Å². The van der Waals surface area contributed by atoms with Crippen LogP contribution in [0, 0.1) is 0 Å². The Bertz CT molecular complexity index is 1080.